The lowest BCUT2D eigenvalue weighted by atomic mass is 9.43. The van der Waals surface area contributed by atoms with Crippen LogP contribution in [-0.2, 0) is 14.1 Å². The molecule has 5 unspecified atom stereocenters. The number of imidazole rings is 1. The molecule has 1 saturated heterocycles. The second-order valence-corrected chi connectivity index (χ2v) is 16.0. The number of carbonyl (C=O) groups is 1. The number of aliphatic carboxylic acids is 1. The first-order valence-electron chi connectivity index (χ1n) is 13.4. The number of nitrogens with one attached hydrogen (secondary N) is 1. The average Bonchev–Trinajstić information content (AvgIpc) is 3.30. The van der Waals surface area contributed by atoms with Gasteiger partial charge in [0, 0.05) is 11.7 Å². The normalized spacial score (nSPS) is 40.7. The molecule has 12 nitrogen and oxygen atoms in total. The van der Waals surface area contributed by atoms with Crippen LogP contribution in [0.5, 0.6) is 0 Å². The molecule has 4 aliphatic carbocycles. The first-order chi connectivity index (χ1) is 18.2. The van der Waals surface area contributed by atoms with Crippen molar-refractivity contribution in [1.82, 2.24) is 19.5 Å². The summed E-state index contributed by atoms with van der Waals surface area (Å²) in [6.45, 7) is 4.78. The van der Waals surface area contributed by atoms with E-state index < -0.39 is 44.0 Å². The zero-order chi connectivity index (χ0) is 28.0. The zero-order valence-corrected chi connectivity index (χ0v) is 23.6. The number of fused-ring (bicyclic) bond motifs is 1. The van der Waals surface area contributed by atoms with Crippen LogP contribution in [0.2, 0.25) is 5.28 Å². The maximum atomic E-state index is 12.2. The average molecular weight is 584 g/mol. The molecule has 0 spiro atoms. The van der Waals surface area contributed by atoms with Crippen LogP contribution in [-0.4, -0.2) is 81.9 Å². The van der Waals surface area contributed by atoms with Gasteiger partial charge in [-0.05, 0) is 73.3 Å². The van der Waals surface area contributed by atoms with Crippen molar-refractivity contribution in [2.45, 2.75) is 88.9 Å². The molecule has 5 aliphatic rings. The highest BCUT2D eigenvalue weighted by molar-refractivity contribution is 7.58. The fourth-order valence-corrected chi connectivity index (χ4v) is 10.2. The second-order valence-electron chi connectivity index (χ2n) is 13.2. The van der Waals surface area contributed by atoms with Crippen LogP contribution >= 0.6 is 19.0 Å². The van der Waals surface area contributed by atoms with Crippen LogP contribution in [0.1, 0.15) is 65.0 Å². The smallest absolute Gasteiger partial charge is 0.313 e. The van der Waals surface area contributed by atoms with Crippen molar-refractivity contribution in [3.05, 3.63) is 11.6 Å². The van der Waals surface area contributed by atoms with E-state index in [0.717, 1.165) is 19.3 Å². The summed E-state index contributed by atoms with van der Waals surface area (Å²) in [7, 11) is -3.96. The Hall–Kier alpha value is -1.82. The number of aromatic nitrogens is 4. The standard InChI is InChI=1S/C25H35ClN5O7P/c1-23-5-13-6-24(2,9-23)11-25(7-13,10-23)30-19-16-20(29-22(26)28-19)31(12-27-16)21-18(35)17(34)14(38-21)3-4-39(36,37)8-15(32)33/h12-14,17-18,21,34-35H,3-11H2,1-2H3,(H,32,33)(H,36,37)(H,28,29,30)/t13?,14-,17?,18?,21-,23-,24+,25?/m1/s1. The third-order valence-corrected chi connectivity index (χ3v) is 11.1. The molecule has 5 fully saturated rings. The molecule has 2 aromatic heterocycles. The number of nitrogens with zero attached hydrogens (tertiary/aromatic N) is 4. The lowest BCUT2D eigenvalue weighted by molar-refractivity contribution is -0.134. The third kappa shape index (κ3) is 4.97. The molecular formula is C25H35ClN5O7P. The number of carboxylic acids is 1. The number of aliphatic hydroxyl groups is 2. The van der Waals surface area contributed by atoms with Gasteiger partial charge in [0.1, 0.15) is 18.4 Å². The lowest BCUT2D eigenvalue weighted by Crippen LogP contribution is -2.61. The summed E-state index contributed by atoms with van der Waals surface area (Å²) in [5, 5.41) is 34.0. The van der Waals surface area contributed by atoms with Gasteiger partial charge in [-0.2, -0.15) is 9.97 Å². The van der Waals surface area contributed by atoms with E-state index in [1.54, 1.807) is 0 Å². The molecule has 1 aliphatic heterocycles. The number of hydrogen-bond donors (Lipinski definition) is 5. The first kappa shape index (κ1) is 27.4. The first-order valence-corrected chi connectivity index (χ1v) is 15.8. The molecular weight excluding hydrogens is 549 g/mol. The van der Waals surface area contributed by atoms with Gasteiger partial charge in [-0.3, -0.25) is 13.9 Å². The Kier molecular flexibility index (Phi) is 6.38. The van der Waals surface area contributed by atoms with Crippen molar-refractivity contribution < 1.29 is 34.3 Å². The van der Waals surface area contributed by atoms with Gasteiger partial charge in [-0.1, -0.05) is 13.8 Å². The molecule has 3 heterocycles. The van der Waals surface area contributed by atoms with Gasteiger partial charge in [0.05, 0.1) is 12.4 Å². The fourth-order valence-electron chi connectivity index (χ4n) is 8.82. The van der Waals surface area contributed by atoms with Crippen molar-refractivity contribution in [2.75, 3.05) is 17.6 Å². The van der Waals surface area contributed by atoms with E-state index in [2.05, 4.69) is 34.1 Å². The van der Waals surface area contributed by atoms with Crippen molar-refractivity contribution in [3.63, 3.8) is 0 Å². The molecule has 214 valence electrons. The van der Waals surface area contributed by atoms with Gasteiger partial charge in [0.15, 0.2) is 23.2 Å². The van der Waals surface area contributed by atoms with Gasteiger partial charge in [-0.25, -0.2) is 4.98 Å². The Morgan fingerprint density at radius 1 is 1.18 bits per heavy atom. The summed E-state index contributed by atoms with van der Waals surface area (Å²) >= 11 is 6.37. The second kappa shape index (κ2) is 9.09. The van der Waals surface area contributed by atoms with E-state index >= 15 is 0 Å². The van der Waals surface area contributed by atoms with E-state index in [1.807, 2.05) is 0 Å². The number of aliphatic hydroxyl groups excluding tert-OH is 2. The van der Waals surface area contributed by atoms with Crippen LogP contribution in [0.4, 0.5) is 5.82 Å². The van der Waals surface area contributed by atoms with E-state index in [4.69, 9.17) is 21.4 Å². The molecule has 39 heavy (non-hydrogen) atoms. The number of anilines is 1. The fraction of sp³-hybridized carbons (Fsp3) is 0.760. The maximum Gasteiger partial charge on any atom is 0.313 e. The topological polar surface area (TPSA) is 180 Å². The van der Waals surface area contributed by atoms with Gasteiger partial charge in [-0.15, -0.1) is 0 Å². The summed E-state index contributed by atoms with van der Waals surface area (Å²) < 4.78 is 19.5. The summed E-state index contributed by atoms with van der Waals surface area (Å²) in [5.41, 5.74) is 1.25. The summed E-state index contributed by atoms with van der Waals surface area (Å²) in [5.74, 6) is -0.189. The number of rotatable bonds is 8. The Bertz CT molecular complexity index is 1350. The van der Waals surface area contributed by atoms with Crippen LogP contribution < -0.4 is 5.32 Å². The molecule has 4 saturated carbocycles. The summed E-state index contributed by atoms with van der Waals surface area (Å²) in [6.07, 6.45) is 2.20. The van der Waals surface area contributed by atoms with E-state index in [0.29, 0.717) is 22.9 Å². The van der Waals surface area contributed by atoms with E-state index in [-0.39, 0.29) is 34.2 Å². The minimum atomic E-state index is -3.96. The number of hydrogen-bond acceptors (Lipinski definition) is 9. The Morgan fingerprint density at radius 2 is 1.87 bits per heavy atom. The highest BCUT2D eigenvalue weighted by Gasteiger charge is 2.60. The van der Waals surface area contributed by atoms with E-state index in [9.17, 15) is 24.5 Å². The minimum Gasteiger partial charge on any atom is -0.481 e. The SMILES string of the molecule is C[C@]12CC3CC(Nc4nc(Cl)nc5c4ncn5[C@@H]4O[C@H](CCP(=O)(O)CC(=O)O)C(O)C4O)(C1)C[C@@](C)(C3)C2. The van der Waals surface area contributed by atoms with Crippen molar-refractivity contribution >= 4 is 41.9 Å². The molecule has 7 rings (SSSR count). The van der Waals surface area contributed by atoms with Crippen molar-refractivity contribution in [3.8, 4) is 0 Å². The van der Waals surface area contributed by atoms with Crippen LogP contribution in [0, 0.1) is 16.7 Å². The highest BCUT2D eigenvalue weighted by Crippen LogP contribution is 2.67. The zero-order valence-electron chi connectivity index (χ0n) is 22.0. The predicted octanol–water partition coefficient (Wildman–Crippen LogP) is 3.00. The molecule has 0 aromatic carbocycles. The maximum absolute atomic E-state index is 12.2. The molecule has 4 bridgehead atoms. The van der Waals surface area contributed by atoms with E-state index in [1.165, 1.54) is 30.2 Å². The summed E-state index contributed by atoms with van der Waals surface area (Å²) in [6, 6.07) is 0. The Balaban J connectivity index is 1.26. The summed E-state index contributed by atoms with van der Waals surface area (Å²) in [4.78, 5) is 34.2. The van der Waals surface area contributed by atoms with Gasteiger partial charge < -0.3 is 30.3 Å². The molecule has 14 heteroatoms. The van der Waals surface area contributed by atoms with Gasteiger partial charge in [0.25, 0.3) is 0 Å². The largest absolute Gasteiger partial charge is 0.481 e. The van der Waals surface area contributed by atoms with Crippen LogP contribution in [0.3, 0.4) is 0 Å². The highest BCUT2D eigenvalue weighted by atomic mass is 35.5. The Labute approximate surface area is 230 Å². The third-order valence-electron chi connectivity index (χ3n) is 9.16. The lowest BCUT2D eigenvalue weighted by Gasteiger charge is -2.65. The number of halogens is 1. The monoisotopic (exact) mass is 583 g/mol. The molecule has 2 aromatic rings. The van der Waals surface area contributed by atoms with Gasteiger partial charge in [0.2, 0.25) is 12.7 Å². The van der Waals surface area contributed by atoms with Crippen molar-refractivity contribution in [2.24, 2.45) is 16.7 Å². The van der Waals surface area contributed by atoms with Gasteiger partial charge >= 0.3 is 5.97 Å². The van der Waals surface area contributed by atoms with Crippen molar-refractivity contribution in [1.29, 1.82) is 0 Å². The molecule has 5 N–H and O–H groups in total. The quantitative estimate of drug-likeness (QED) is 0.228. The Morgan fingerprint density at radius 3 is 2.51 bits per heavy atom. The van der Waals surface area contributed by atoms with Crippen LogP contribution in [0.15, 0.2) is 6.33 Å². The predicted molar refractivity (Wildman–Crippen MR) is 142 cm³/mol. The molecule has 9 atom stereocenters. The minimum absolute atomic E-state index is 0.00776. The molecule has 0 amide bonds. The molecule has 0 radical (unpaired) electrons. The number of ether oxygens (including phenoxy) is 1. The number of carboxylic acid groups (broad SMARTS) is 1. The van der Waals surface area contributed by atoms with Crippen LogP contribution in [0.25, 0.3) is 11.2 Å².